The van der Waals surface area contributed by atoms with Gasteiger partial charge in [0.25, 0.3) is 0 Å². The molecule has 112 valence electrons. The molecule has 0 aliphatic carbocycles. The molecule has 0 unspecified atom stereocenters. The van der Waals surface area contributed by atoms with Crippen molar-refractivity contribution in [3.8, 4) is 0 Å². The zero-order valence-electron chi connectivity index (χ0n) is 12.9. The maximum atomic E-state index is 4.47. The summed E-state index contributed by atoms with van der Waals surface area (Å²) in [6.07, 6.45) is 6.34. The van der Waals surface area contributed by atoms with Crippen LogP contribution >= 0.6 is 0 Å². The van der Waals surface area contributed by atoms with E-state index in [4.69, 9.17) is 0 Å². The third-order valence-electron chi connectivity index (χ3n) is 3.80. The summed E-state index contributed by atoms with van der Waals surface area (Å²) in [5.41, 5.74) is 2.20. The minimum absolute atomic E-state index is 0.410. The molecule has 0 spiro atoms. The third kappa shape index (κ3) is 3.32. The number of anilines is 2. The van der Waals surface area contributed by atoms with Crippen molar-refractivity contribution in [2.75, 3.05) is 23.3 Å². The van der Waals surface area contributed by atoms with E-state index in [0.717, 1.165) is 30.4 Å². The molecule has 2 aromatic heterocycles. The van der Waals surface area contributed by atoms with Gasteiger partial charge in [-0.15, -0.1) is 0 Å². The Morgan fingerprint density at radius 1 is 1.29 bits per heavy atom. The molecule has 1 N–H and O–H groups in total. The molecule has 21 heavy (non-hydrogen) atoms. The molecule has 1 atom stereocenters. The first-order valence-corrected chi connectivity index (χ1v) is 7.42. The molecule has 0 radical (unpaired) electrons. The fourth-order valence-corrected chi connectivity index (χ4v) is 2.90. The van der Waals surface area contributed by atoms with Crippen molar-refractivity contribution in [1.29, 1.82) is 0 Å². The average Bonchev–Trinajstić information content (AvgIpc) is 2.84. The van der Waals surface area contributed by atoms with Crippen LogP contribution in [0.4, 0.5) is 11.5 Å². The minimum Gasteiger partial charge on any atom is -0.367 e. The second-order valence-electron chi connectivity index (χ2n) is 5.74. The molecule has 1 aliphatic rings. The number of aryl methyl sites for hydroxylation is 3. The predicted octanol–water partition coefficient (Wildman–Crippen LogP) is 1.91. The first kappa shape index (κ1) is 13.9. The highest BCUT2D eigenvalue weighted by atomic mass is 15.3. The normalized spacial score (nSPS) is 18.8. The van der Waals surface area contributed by atoms with E-state index >= 15 is 0 Å². The van der Waals surface area contributed by atoms with Crippen molar-refractivity contribution < 1.29 is 0 Å². The lowest BCUT2D eigenvalue weighted by molar-refractivity contribution is 0.528. The summed E-state index contributed by atoms with van der Waals surface area (Å²) in [5.74, 6) is 1.75. The smallest absolute Gasteiger partial charge is 0.130 e. The van der Waals surface area contributed by atoms with Gasteiger partial charge in [0.05, 0.1) is 11.9 Å². The van der Waals surface area contributed by atoms with E-state index in [-0.39, 0.29) is 0 Å². The monoisotopic (exact) mass is 286 g/mol. The summed E-state index contributed by atoms with van der Waals surface area (Å²) in [7, 11) is 1.95. The Balaban J connectivity index is 1.68. The van der Waals surface area contributed by atoms with Crippen LogP contribution in [0, 0.1) is 13.8 Å². The molecule has 0 bridgehead atoms. The Morgan fingerprint density at radius 2 is 2.14 bits per heavy atom. The van der Waals surface area contributed by atoms with Gasteiger partial charge in [0.15, 0.2) is 0 Å². The number of aromatic nitrogens is 4. The number of rotatable bonds is 3. The number of nitrogens with zero attached hydrogens (tertiary/aromatic N) is 5. The van der Waals surface area contributed by atoms with Crippen LogP contribution in [0.25, 0.3) is 0 Å². The lowest BCUT2D eigenvalue weighted by Crippen LogP contribution is -2.42. The first-order chi connectivity index (χ1) is 10.1. The van der Waals surface area contributed by atoms with Crippen LogP contribution in [0.2, 0.25) is 0 Å². The molecule has 0 saturated carbocycles. The van der Waals surface area contributed by atoms with Crippen molar-refractivity contribution in [2.24, 2.45) is 7.05 Å². The maximum absolute atomic E-state index is 4.47. The van der Waals surface area contributed by atoms with Gasteiger partial charge >= 0.3 is 0 Å². The summed E-state index contributed by atoms with van der Waals surface area (Å²) >= 11 is 0. The van der Waals surface area contributed by atoms with Gasteiger partial charge in [0, 0.05) is 44.1 Å². The molecule has 3 rings (SSSR count). The van der Waals surface area contributed by atoms with Crippen LogP contribution < -0.4 is 10.2 Å². The Hall–Kier alpha value is -2.11. The van der Waals surface area contributed by atoms with E-state index in [0.29, 0.717) is 6.04 Å². The van der Waals surface area contributed by atoms with Crippen molar-refractivity contribution in [3.63, 3.8) is 0 Å². The van der Waals surface area contributed by atoms with Gasteiger partial charge in [0.2, 0.25) is 0 Å². The zero-order valence-corrected chi connectivity index (χ0v) is 12.9. The summed E-state index contributed by atoms with van der Waals surface area (Å²) in [4.78, 5) is 11.2. The van der Waals surface area contributed by atoms with E-state index in [1.54, 1.807) is 0 Å². The molecular formula is C15H22N6. The molecule has 1 fully saturated rings. The van der Waals surface area contributed by atoms with E-state index < -0.39 is 0 Å². The standard InChI is InChI=1S/C15H22N6/c1-11-7-15(18-12(2)17-11)19-13-5-4-6-21(9-13)14-8-16-20(3)10-14/h7-8,10,13H,4-6,9H2,1-3H3,(H,17,18,19)/t13-/m1/s1. The lowest BCUT2D eigenvalue weighted by Gasteiger charge is -2.34. The van der Waals surface area contributed by atoms with Gasteiger partial charge in [0.1, 0.15) is 11.6 Å². The SMILES string of the molecule is Cc1cc(N[C@@H]2CCCN(c3cnn(C)c3)C2)nc(C)n1. The largest absolute Gasteiger partial charge is 0.367 e. The van der Waals surface area contributed by atoms with E-state index in [9.17, 15) is 0 Å². The second kappa shape index (κ2) is 5.71. The van der Waals surface area contributed by atoms with Gasteiger partial charge in [-0.2, -0.15) is 5.10 Å². The van der Waals surface area contributed by atoms with E-state index in [1.807, 2.05) is 37.8 Å². The maximum Gasteiger partial charge on any atom is 0.130 e. The highest BCUT2D eigenvalue weighted by Crippen LogP contribution is 2.21. The average molecular weight is 286 g/mol. The molecular weight excluding hydrogens is 264 g/mol. The van der Waals surface area contributed by atoms with Crippen molar-refractivity contribution in [3.05, 3.63) is 30.0 Å². The van der Waals surface area contributed by atoms with E-state index in [1.165, 1.54) is 18.5 Å². The van der Waals surface area contributed by atoms with Gasteiger partial charge in [-0.1, -0.05) is 0 Å². The van der Waals surface area contributed by atoms with Gasteiger partial charge in [-0.3, -0.25) is 4.68 Å². The highest BCUT2D eigenvalue weighted by molar-refractivity contribution is 5.45. The van der Waals surface area contributed by atoms with E-state index in [2.05, 4.69) is 31.5 Å². The Kier molecular flexibility index (Phi) is 3.77. The van der Waals surface area contributed by atoms with Crippen LogP contribution in [-0.2, 0) is 7.05 Å². The van der Waals surface area contributed by atoms with Gasteiger partial charge < -0.3 is 10.2 Å². The van der Waals surface area contributed by atoms with Crippen LogP contribution in [0.5, 0.6) is 0 Å². The molecule has 6 heteroatoms. The Labute approximate surface area is 125 Å². The van der Waals surface area contributed by atoms with Crippen LogP contribution in [0.15, 0.2) is 18.5 Å². The zero-order chi connectivity index (χ0) is 14.8. The first-order valence-electron chi connectivity index (χ1n) is 7.42. The fourth-order valence-electron chi connectivity index (χ4n) is 2.90. The van der Waals surface area contributed by atoms with Crippen molar-refractivity contribution in [1.82, 2.24) is 19.7 Å². The number of hydrogen-bond acceptors (Lipinski definition) is 5. The summed E-state index contributed by atoms with van der Waals surface area (Å²) < 4.78 is 1.85. The molecule has 1 saturated heterocycles. The fraction of sp³-hybridized carbons (Fsp3) is 0.533. The quantitative estimate of drug-likeness (QED) is 0.934. The third-order valence-corrected chi connectivity index (χ3v) is 3.80. The van der Waals surface area contributed by atoms with Crippen molar-refractivity contribution >= 4 is 11.5 Å². The molecule has 6 nitrogen and oxygen atoms in total. The molecule has 0 aromatic carbocycles. The van der Waals surface area contributed by atoms with Crippen LogP contribution in [0.1, 0.15) is 24.4 Å². The molecule has 1 aliphatic heterocycles. The number of hydrogen-bond donors (Lipinski definition) is 1. The van der Waals surface area contributed by atoms with Crippen LogP contribution in [-0.4, -0.2) is 38.9 Å². The molecule has 2 aromatic rings. The minimum atomic E-state index is 0.410. The Morgan fingerprint density at radius 3 is 2.86 bits per heavy atom. The molecule has 3 heterocycles. The number of nitrogens with one attached hydrogen (secondary N) is 1. The topological polar surface area (TPSA) is 58.9 Å². The highest BCUT2D eigenvalue weighted by Gasteiger charge is 2.21. The Bertz CT molecular complexity index is 600. The summed E-state index contributed by atoms with van der Waals surface area (Å²) in [5, 5.41) is 7.81. The van der Waals surface area contributed by atoms with Crippen molar-refractivity contribution in [2.45, 2.75) is 32.7 Å². The van der Waals surface area contributed by atoms with Gasteiger partial charge in [-0.05, 0) is 26.7 Å². The van der Waals surface area contributed by atoms with Gasteiger partial charge in [-0.25, -0.2) is 9.97 Å². The summed E-state index contributed by atoms with van der Waals surface area (Å²) in [6.45, 7) is 6.00. The summed E-state index contributed by atoms with van der Waals surface area (Å²) in [6, 6.07) is 2.42. The van der Waals surface area contributed by atoms with Crippen LogP contribution in [0.3, 0.4) is 0 Å². The second-order valence-corrected chi connectivity index (χ2v) is 5.74. The number of piperidine rings is 1. The predicted molar refractivity (Wildman–Crippen MR) is 83.6 cm³/mol. The molecule has 0 amide bonds. The lowest BCUT2D eigenvalue weighted by atomic mass is 10.1.